The van der Waals surface area contributed by atoms with Gasteiger partial charge in [0, 0.05) is 12.2 Å². The van der Waals surface area contributed by atoms with Gasteiger partial charge in [-0.15, -0.1) is 0 Å². The average Bonchev–Trinajstić information content (AvgIpc) is 2.85. The first kappa shape index (κ1) is 28.9. The van der Waals surface area contributed by atoms with E-state index >= 15 is 0 Å². The standard InChI is InChI=1S/C26H34N4O5S/c1-16(2)22(30-23(31)19(27)13-17-9-5-3-6-10-17)25(33)28-20(14-18-11-7-4-8-12-18)24(32)29-21(15-36)26(34)35/h3-12,16,19-22,36H,13-15,27H2,1-2H3,(H,28,33)(H,29,32)(H,30,31)(H,34,35). The zero-order chi connectivity index (χ0) is 26.7. The summed E-state index contributed by atoms with van der Waals surface area (Å²) >= 11 is 3.98. The van der Waals surface area contributed by atoms with Gasteiger partial charge in [-0.3, -0.25) is 14.4 Å². The van der Waals surface area contributed by atoms with E-state index < -0.39 is 47.9 Å². The van der Waals surface area contributed by atoms with Crippen molar-refractivity contribution in [3.05, 3.63) is 71.8 Å². The first-order chi connectivity index (χ1) is 17.1. The Morgan fingerprint density at radius 2 is 1.28 bits per heavy atom. The monoisotopic (exact) mass is 514 g/mol. The Labute approximate surface area is 216 Å². The lowest BCUT2D eigenvalue weighted by Crippen LogP contribution is -2.59. The van der Waals surface area contributed by atoms with E-state index in [9.17, 15) is 24.3 Å². The maximum atomic E-state index is 13.2. The van der Waals surface area contributed by atoms with Gasteiger partial charge in [-0.05, 0) is 23.5 Å². The van der Waals surface area contributed by atoms with Crippen LogP contribution in [0.2, 0.25) is 0 Å². The molecule has 0 bridgehead atoms. The maximum absolute atomic E-state index is 13.2. The summed E-state index contributed by atoms with van der Waals surface area (Å²) in [5.41, 5.74) is 7.74. The van der Waals surface area contributed by atoms with E-state index in [4.69, 9.17) is 5.73 Å². The lowest BCUT2D eigenvalue weighted by atomic mass is 9.99. The molecule has 194 valence electrons. The molecule has 36 heavy (non-hydrogen) atoms. The molecule has 0 aliphatic rings. The molecule has 9 nitrogen and oxygen atoms in total. The highest BCUT2D eigenvalue weighted by Crippen LogP contribution is 2.09. The Hall–Kier alpha value is -3.37. The minimum Gasteiger partial charge on any atom is -0.480 e. The van der Waals surface area contributed by atoms with Gasteiger partial charge in [0.15, 0.2) is 0 Å². The van der Waals surface area contributed by atoms with Gasteiger partial charge < -0.3 is 26.8 Å². The molecule has 2 aromatic rings. The Kier molecular flexibility index (Phi) is 11.4. The van der Waals surface area contributed by atoms with Gasteiger partial charge in [-0.1, -0.05) is 74.5 Å². The van der Waals surface area contributed by atoms with E-state index in [1.54, 1.807) is 38.1 Å². The molecule has 4 atom stereocenters. The third-order valence-corrected chi connectivity index (χ3v) is 5.96. The van der Waals surface area contributed by atoms with Gasteiger partial charge >= 0.3 is 5.97 Å². The van der Waals surface area contributed by atoms with Crippen LogP contribution in [-0.2, 0) is 32.0 Å². The fraction of sp³-hybridized carbons (Fsp3) is 0.385. The van der Waals surface area contributed by atoms with E-state index in [0.29, 0.717) is 6.42 Å². The highest BCUT2D eigenvalue weighted by Gasteiger charge is 2.31. The number of carboxylic acids is 1. The van der Waals surface area contributed by atoms with E-state index in [2.05, 4.69) is 28.6 Å². The third-order valence-electron chi connectivity index (χ3n) is 5.59. The molecule has 0 spiro atoms. The number of rotatable bonds is 13. The van der Waals surface area contributed by atoms with E-state index in [1.165, 1.54) is 0 Å². The Bertz CT molecular complexity index is 1020. The molecular formula is C26H34N4O5S. The lowest BCUT2D eigenvalue weighted by molar-refractivity contribution is -0.141. The molecule has 10 heteroatoms. The number of carboxylic acid groups (broad SMARTS) is 1. The number of carbonyl (C=O) groups excluding carboxylic acids is 3. The lowest BCUT2D eigenvalue weighted by Gasteiger charge is -2.27. The number of benzene rings is 2. The quantitative estimate of drug-likeness (QED) is 0.219. The molecule has 2 aromatic carbocycles. The molecule has 0 aliphatic heterocycles. The van der Waals surface area contributed by atoms with Gasteiger partial charge in [-0.2, -0.15) is 12.6 Å². The van der Waals surface area contributed by atoms with Crippen molar-refractivity contribution in [2.45, 2.75) is 50.9 Å². The van der Waals surface area contributed by atoms with Crippen LogP contribution in [0.3, 0.4) is 0 Å². The summed E-state index contributed by atoms with van der Waals surface area (Å²) in [5, 5.41) is 17.1. The highest BCUT2D eigenvalue weighted by atomic mass is 32.1. The average molecular weight is 515 g/mol. The summed E-state index contributed by atoms with van der Waals surface area (Å²) < 4.78 is 0. The molecule has 3 amide bonds. The summed E-state index contributed by atoms with van der Waals surface area (Å²) in [7, 11) is 0. The van der Waals surface area contributed by atoms with Crippen LogP contribution in [0, 0.1) is 5.92 Å². The van der Waals surface area contributed by atoms with Gasteiger partial charge in [0.2, 0.25) is 17.7 Å². The number of aliphatic carboxylic acids is 1. The van der Waals surface area contributed by atoms with Crippen molar-refractivity contribution in [1.82, 2.24) is 16.0 Å². The molecule has 0 saturated heterocycles. The summed E-state index contributed by atoms with van der Waals surface area (Å²) in [6.07, 6.45) is 0.433. The molecule has 0 radical (unpaired) electrons. The molecular weight excluding hydrogens is 480 g/mol. The molecule has 0 aromatic heterocycles. The van der Waals surface area contributed by atoms with Crippen LogP contribution in [0.1, 0.15) is 25.0 Å². The van der Waals surface area contributed by atoms with Crippen molar-refractivity contribution in [2.24, 2.45) is 11.7 Å². The van der Waals surface area contributed by atoms with Crippen LogP contribution in [-0.4, -0.2) is 58.7 Å². The SMILES string of the molecule is CC(C)C(NC(=O)C(N)Cc1ccccc1)C(=O)NC(Cc1ccccc1)C(=O)NC(CS)C(=O)O. The normalized spacial score (nSPS) is 14.2. The minimum atomic E-state index is -1.23. The van der Waals surface area contributed by atoms with Crippen LogP contribution >= 0.6 is 12.6 Å². The molecule has 2 rings (SSSR count). The van der Waals surface area contributed by atoms with Crippen molar-refractivity contribution in [3.8, 4) is 0 Å². The number of nitrogens with one attached hydrogen (secondary N) is 3. The molecule has 4 unspecified atom stereocenters. The van der Waals surface area contributed by atoms with Gasteiger partial charge in [0.05, 0.1) is 6.04 Å². The Morgan fingerprint density at radius 1 is 0.778 bits per heavy atom. The predicted octanol–water partition coefficient (Wildman–Crippen LogP) is 0.924. The molecule has 0 saturated carbocycles. The fourth-order valence-electron chi connectivity index (χ4n) is 3.53. The molecule has 0 heterocycles. The molecule has 0 aliphatic carbocycles. The number of carbonyl (C=O) groups is 4. The Balaban J connectivity index is 2.15. The van der Waals surface area contributed by atoms with Crippen molar-refractivity contribution >= 4 is 36.3 Å². The van der Waals surface area contributed by atoms with Gasteiger partial charge in [-0.25, -0.2) is 4.79 Å². The van der Waals surface area contributed by atoms with Crippen LogP contribution in [0.4, 0.5) is 0 Å². The van der Waals surface area contributed by atoms with E-state index in [0.717, 1.165) is 11.1 Å². The highest BCUT2D eigenvalue weighted by molar-refractivity contribution is 7.80. The Morgan fingerprint density at radius 3 is 1.75 bits per heavy atom. The second-order valence-electron chi connectivity index (χ2n) is 8.86. The van der Waals surface area contributed by atoms with Crippen LogP contribution in [0.15, 0.2) is 60.7 Å². The topological polar surface area (TPSA) is 151 Å². The minimum absolute atomic E-state index is 0.114. The van der Waals surface area contributed by atoms with Crippen LogP contribution < -0.4 is 21.7 Å². The van der Waals surface area contributed by atoms with Crippen LogP contribution in [0.5, 0.6) is 0 Å². The number of amides is 3. The zero-order valence-electron chi connectivity index (χ0n) is 20.4. The smallest absolute Gasteiger partial charge is 0.327 e. The predicted molar refractivity (Wildman–Crippen MR) is 140 cm³/mol. The number of hydrogen-bond acceptors (Lipinski definition) is 6. The first-order valence-corrected chi connectivity index (χ1v) is 12.3. The zero-order valence-corrected chi connectivity index (χ0v) is 21.3. The van der Waals surface area contributed by atoms with Crippen molar-refractivity contribution < 1.29 is 24.3 Å². The van der Waals surface area contributed by atoms with Gasteiger partial charge in [0.25, 0.3) is 0 Å². The van der Waals surface area contributed by atoms with Gasteiger partial charge in [0.1, 0.15) is 18.1 Å². The summed E-state index contributed by atoms with van der Waals surface area (Å²) in [6.45, 7) is 3.53. The van der Waals surface area contributed by atoms with Crippen molar-refractivity contribution in [3.63, 3.8) is 0 Å². The number of thiol groups is 1. The third kappa shape index (κ3) is 9.01. The second kappa shape index (κ2) is 14.3. The number of nitrogens with two attached hydrogens (primary N) is 1. The van der Waals surface area contributed by atoms with Crippen molar-refractivity contribution in [2.75, 3.05) is 5.75 Å². The van der Waals surface area contributed by atoms with Crippen molar-refractivity contribution in [1.29, 1.82) is 0 Å². The summed E-state index contributed by atoms with van der Waals surface area (Å²) in [4.78, 5) is 50.3. The van der Waals surface area contributed by atoms with E-state index in [-0.39, 0.29) is 18.1 Å². The maximum Gasteiger partial charge on any atom is 0.327 e. The fourth-order valence-corrected chi connectivity index (χ4v) is 3.78. The molecule has 0 fully saturated rings. The largest absolute Gasteiger partial charge is 0.480 e. The summed E-state index contributed by atoms with van der Waals surface area (Å²) in [5.74, 6) is -3.37. The van der Waals surface area contributed by atoms with Crippen LogP contribution in [0.25, 0.3) is 0 Å². The summed E-state index contributed by atoms with van der Waals surface area (Å²) in [6, 6.07) is 14.2. The van der Waals surface area contributed by atoms with E-state index in [1.807, 2.05) is 36.4 Å². The second-order valence-corrected chi connectivity index (χ2v) is 9.22. The number of hydrogen-bond donors (Lipinski definition) is 6. The molecule has 6 N–H and O–H groups in total. The first-order valence-electron chi connectivity index (χ1n) is 11.7.